The van der Waals surface area contributed by atoms with Crippen LogP contribution in [0.15, 0.2) is 58.3 Å². The zero-order chi connectivity index (χ0) is 12.4. The zero-order valence-electron chi connectivity index (χ0n) is 10.6. The third-order valence-corrected chi connectivity index (χ3v) is 4.40. The second kappa shape index (κ2) is 5.17. The molecule has 1 heterocycles. The Morgan fingerprint density at radius 2 is 1.44 bits per heavy atom. The number of benzene rings is 2. The Labute approximate surface area is 113 Å². The molecule has 1 radical (unpaired) electrons. The summed E-state index contributed by atoms with van der Waals surface area (Å²) in [5.41, 5.74) is 2.71. The van der Waals surface area contributed by atoms with Gasteiger partial charge in [0.15, 0.2) is 0 Å². The molecule has 0 atom stereocenters. The minimum atomic E-state index is 1.10. The highest BCUT2D eigenvalue weighted by Gasteiger charge is 2.32. The summed E-state index contributed by atoms with van der Waals surface area (Å²) in [7, 11) is 0. The Kier molecular flexibility index (Phi) is 3.39. The standard InChI is InChI=1S/C16H17NS/c1-2-3-12-17-13-8-4-6-10-15(13)18-16-11-7-5-9-14(16)17/h4-11H,2-3,12H2,1H3/q+1. The van der Waals surface area contributed by atoms with Crippen molar-refractivity contribution in [2.75, 3.05) is 6.54 Å². The van der Waals surface area contributed by atoms with Gasteiger partial charge in [-0.2, -0.15) is 0 Å². The van der Waals surface area contributed by atoms with Crippen LogP contribution in [0, 0.1) is 0 Å². The molecule has 2 aromatic rings. The Morgan fingerprint density at radius 3 is 2.00 bits per heavy atom. The molecule has 0 aliphatic carbocycles. The van der Waals surface area contributed by atoms with Gasteiger partial charge >= 0.3 is 0 Å². The first-order valence-electron chi connectivity index (χ1n) is 6.53. The van der Waals surface area contributed by atoms with E-state index in [2.05, 4.69) is 60.4 Å². The Bertz CT molecular complexity index is 505. The van der Waals surface area contributed by atoms with Crippen LogP contribution in [0.5, 0.6) is 0 Å². The van der Waals surface area contributed by atoms with Gasteiger partial charge < -0.3 is 0 Å². The lowest BCUT2D eigenvalue weighted by Crippen LogP contribution is -2.22. The number of hydrogen-bond donors (Lipinski definition) is 0. The normalized spacial score (nSPS) is 14.1. The molecule has 3 rings (SSSR count). The van der Waals surface area contributed by atoms with Crippen LogP contribution in [0.3, 0.4) is 0 Å². The van der Waals surface area contributed by atoms with Crippen LogP contribution in [0.2, 0.25) is 0 Å². The molecule has 2 aromatic carbocycles. The van der Waals surface area contributed by atoms with E-state index in [1.165, 1.54) is 34.0 Å². The number of anilines is 2. The smallest absolute Gasteiger partial charge is 0.0952 e. The molecule has 0 spiro atoms. The average molecular weight is 255 g/mol. The van der Waals surface area contributed by atoms with Gasteiger partial charge in [0.25, 0.3) is 0 Å². The first kappa shape index (κ1) is 11.8. The minimum absolute atomic E-state index is 1.10. The summed E-state index contributed by atoms with van der Waals surface area (Å²) < 4.78 is 0. The number of para-hydroxylation sites is 2. The van der Waals surface area contributed by atoms with Crippen LogP contribution in [0.4, 0.5) is 11.4 Å². The van der Waals surface area contributed by atoms with Gasteiger partial charge in [0.2, 0.25) is 11.4 Å². The Hall–Kier alpha value is -1.25. The maximum atomic E-state index is 2.46. The summed E-state index contributed by atoms with van der Waals surface area (Å²) in [5.74, 6) is 0. The molecule has 0 N–H and O–H groups in total. The molecule has 2 heteroatoms. The quantitative estimate of drug-likeness (QED) is 0.695. The average Bonchev–Trinajstić information content (AvgIpc) is 2.43. The van der Waals surface area contributed by atoms with Gasteiger partial charge in [0.05, 0.1) is 9.79 Å². The van der Waals surface area contributed by atoms with E-state index in [-0.39, 0.29) is 0 Å². The summed E-state index contributed by atoms with van der Waals surface area (Å²) in [5, 5.41) is 0. The van der Waals surface area contributed by atoms with Crippen LogP contribution in [-0.2, 0) is 0 Å². The molecule has 91 valence electrons. The van der Waals surface area contributed by atoms with Crippen molar-refractivity contribution in [3.8, 4) is 0 Å². The number of fused-ring (bicyclic) bond motifs is 2. The molecule has 1 aliphatic heterocycles. The summed E-state index contributed by atoms with van der Waals surface area (Å²) in [6.45, 7) is 3.35. The second-order valence-corrected chi connectivity index (χ2v) is 5.63. The molecule has 0 saturated heterocycles. The minimum Gasteiger partial charge on any atom is -0.0952 e. The van der Waals surface area contributed by atoms with Crippen molar-refractivity contribution in [2.45, 2.75) is 29.6 Å². The molecule has 0 amide bonds. The van der Waals surface area contributed by atoms with Crippen LogP contribution >= 0.6 is 11.8 Å². The molecule has 1 aliphatic rings. The Morgan fingerprint density at radius 1 is 0.889 bits per heavy atom. The fourth-order valence-corrected chi connectivity index (χ4v) is 3.43. The van der Waals surface area contributed by atoms with Crippen molar-refractivity contribution in [1.82, 2.24) is 4.90 Å². The van der Waals surface area contributed by atoms with Crippen molar-refractivity contribution in [2.24, 2.45) is 0 Å². The van der Waals surface area contributed by atoms with E-state index < -0.39 is 0 Å². The third-order valence-electron chi connectivity index (χ3n) is 3.27. The van der Waals surface area contributed by atoms with E-state index in [9.17, 15) is 0 Å². The van der Waals surface area contributed by atoms with Gasteiger partial charge in [-0.3, -0.25) is 0 Å². The summed E-state index contributed by atoms with van der Waals surface area (Å²) >= 11 is 1.88. The van der Waals surface area contributed by atoms with E-state index in [1.807, 2.05) is 11.8 Å². The predicted molar refractivity (Wildman–Crippen MR) is 78.2 cm³/mol. The maximum absolute atomic E-state index is 2.46. The highest BCUT2D eigenvalue weighted by Crippen LogP contribution is 2.47. The number of rotatable bonds is 3. The summed E-state index contributed by atoms with van der Waals surface area (Å²) in [4.78, 5) is 5.20. The lowest BCUT2D eigenvalue weighted by Gasteiger charge is -2.20. The molecule has 0 bridgehead atoms. The molecular formula is C16H17NS+. The monoisotopic (exact) mass is 255 g/mol. The molecule has 0 fully saturated rings. The molecule has 0 saturated carbocycles. The SMILES string of the molecule is CCCC[N+]1c2ccccc2Sc2ccccc21. The highest BCUT2D eigenvalue weighted by atomic mass is 32.2. The largest absolute Gasteiger partial charge is 0.200 e. The number of hydrogen-bond acceptors (Lipinski definition) is 2. The predicted octanol–water partition coefficient (Wildman–Crippen LogP) is 5.05. The van der Waals surface area contributed by atoms with Crippen LogP contribution < -0.4 is 4.90 Å². The summed E-state index contributed by atoms with van der Waals surface area (Å²) in [6, 6.07) is 17.4. The van der Waals surface area contributed by atoms with Gasteiger partial charge in [-0.15, -0.1) is 0 Å². The molecule has 0 unspecified atom stereocenters. The fraction of sp³-hybridized carbons (Fsp3) is 0.250. The van der Waals surface area contributed by atoms with Gasteiger partial charge in [-0.25, -0.2) is 0 Å². The van der Waals surface area contributed by atoms with Gasteiger partial charge in [0.1, 0.15) is 6.54 Å². The first-order valence-corrected chi connectivity index (χ1v) is 7.35. The van der Waals surface area contributed by atoms with Crippen molar-refractivity contribution in [1.29, 1.82) is 0 Å². The maximum Gasteiger partial charge on any atom is 0.200 e. The lowest BCUT2D eigenvalue weighted by atomic mass is 10.2. The molecular weight excluding hydrogens is 238 g/mol. The highest BCUT2D eigenvalue weighted by molar-refractivity contribution is 7.99. The van der Waals surface area contributed by atoms with Gasteiger partial charge in [-0.05, 0) is 12.1 Å². The van der Waals surface area contributed by atoms with Crippen LogP contribution in [0.1, 0.15) is 19.8 Å². The van der Waals surface area contributed by atoms with Crippen LogP contribution in [-0.4, -0.2) is 6.54 Å². The second-order valence-electron chi connectivity index (χ2n) is 4.54. The van der Waals surface area contributed by atoms with Crippen LogP contribution in [0.25, 0.3) is 0 Å². The first-order chi connectivity index (χ1) is 8.90. The van der Waals surface area contributed by atoms with E-state index >= 15 is 0 Å². The lowest BCUT2D eigenvalue weighted by molar-refractivity contribution is 0.615. The van der Waals surface area contributed by atoms with E-state index in [1.54, 1.807) is 0 Å². The Balaban J connectivity index is 2.05. The molecule has 18 heavy (non-hydrogen) atoms. The van der Waals surface area contributed by atoms with E-state index in [0.29, 0.717) is 0 Å². The van der Waals surface area contributed by atoms with E-state index in [0.717, 1.165) is 6.54 Å². The summed E-state index contributed by atoms with van der Waals surface area (Å²) in [6.07, 6.45) is 2.46. The number of unbranched alkanes of at least 4 members (excludes halogenated alkanes) is 1. The van der Waals surface area contributed by atoms with Crippen molar-refractivity contribution in [3.63, 3.8) is 0 Å². The van der Waals surface area contributed by atoms with Crippen molar-refractivity contribution < 1.29 is 0 Å². The topological polar surface area (TPSA) is 5.90 Å². The molecule has 1 nitrogen and oxygen atoms in total. The van der Waals surface area contributed by atoms with E-state index in [4.69, 9.17) is 0 Å². The van der Waals surface area contributed by atoms with Gasteiger partial charge in [-0.1, -0.05) is 54.3 Å². The number of nitrogens with zero attached hydrogens (tertiary/aromatic N) is 1. The fourth-order valence-electron chi connectivity index (χ4n) is 2.34. The van der Waals surface area contributed by atoms with Crippen molar-refractivity contribution >= 4 is 23.1 Å². The molecule has 0 aromatic heterocycles. The third kappa shape index (κ3) is 2.06. The van der Waals surface area contributed by atoms with Crippen molar-refractivity contribution in [3.05, 3.63) is 48.5 Å². The van der Waals surface area contributed by atoms with Gasteiger partial charge in [0, 0.05) is 18.6 Å². The zero-order valence-corrected chi connectivity index (χ0v) is 11.4.